The molecule has 0 atom stereocenters. The van der Waals surface area contributed by atoms with Gasteiger partial charge in [0.15, 0.2) is 0 Å². The normalized spacial score (nSPS) is 10.6. The Bertz CT molecular complexity index is 1210. The lowest BCUT2D eigenvalue weighted by Gasteiger charge is -2.12. The summed E-state index contributed by atoms with van der Waals surface area (Å²) in [6.07, 6.45) is 1.74. The molecule has 0 fully saturated rings. The molecule has 4 rings (SSSR count). The molecule has 0 radical (unpaired) electrons. The summed E-state index contributed by atoms with van der Waals surface area (Å²) in [7, 11) is 0. The number of amides is 2. The number of benzene rings is 3. The van der Waals surface area contributed by atoms with Gasteiger partial charge in [-0.15, -0.1) is 11.8 Å². The molecular formula is C25H21N3O2S. The van der Waals surface area contributed by atoms with Crippen molar-refractivity contribution >= 4 is 40.2 Å². The third-order valence-corrected chi connectivity index (χ3v) is 5.78. The fourth-order valence-corrected chi connectivity index (χ4v) is 4.03. The van der Waals surface area contributed by atoms with E-state index in [1.165, 1.54) is 11.8 Å². The number of pyridine rings is 1. The van der Waals surface area contributed by atoms with E-state index in [1.54, 1.807) is 30.5 Å². The van der Waals surface area contributed by atoms with Crippen LogP contribution in [0.3, 0.4) is 0 Å². The molecule has 0 aliphatic heterocycles. The molecule has 0 saturated carbocycles. The van der Waals surface area contributed by atoms with Crippen LogP contribution in [0.5, 0.6) is 0 Å². The van der Waals surface area contributed by atoms with E-state index < -0.39 is 0 Å². The first-order chi connectivity index (χ1) is 15.2. The van der Waals surface area contributed by atoms with Gasteiger partial charge in [0.1, 0.15) is 0 Å². The van der Waals surface area contributed by atoms with E-state index in [9.17, 15) is 9.59 Å². The van der Waals surface area contributed by atoms with Crippen LogP contribution < -0.4 is 10.6 Å². The number of nitrogens with one attached hydrogen (secondary N) is 2. The van der Waals surface area contributed by atoms with Crippen molar-refractivity contribution in [3.8, 4) is 0 Å². The Morgan fingerprint density at radius 1 is 0.839 bits per heavy atom. The van der Waals surface area contributed by atoms with Crippen LogP contribution in [0.25, 0.3) is 10.9 Å². The van der Waals surface area contributed by atoms with E-state index >= 15 is 0 Å². The van der Waals surface area contributed by atoms with E-state index in [4.69, 9.17) is 0 Å². The summed E-state index contributed by atoms with van der Waals surface area (Å²) in [5.74, 6) is -0.171. The van der Waals surface area contributed by atoms with Crippen LogP contribution in [0, 0.1) is 0 Å². The summed E-state index contributed by atoms with van der Waals surface area (Å²) in [6.45, 7) is 0.424. The average molecular weight is 428 g/mol. The van der Waals surface area contributed by atoms with Gasteiger partial charge < -0.3 is 10.6 Å². The Morgan fingerprint density at radius 3 is 2.45 bits per heavy atom. The maximum atomic E-state index is 12.7. The minimum atomic E-state index is -0.229. The van der Waals surface area contributed by atoms with Gasteiger partial charge in [-0.2, -0.15) is 0 Å². The lowest BCUT2D eigenvalue weighted by atomic mass is 10.1. The van der Waals surface area contributed by atoms with E-state index in [0.29, 0.717) is 17.8 Å². The van der Waals surface area contributed by atoms with Crippen LogP contribution in [-0.2, 0) is 11.3 Å². The van der Waals surface area contributed by atoms with Gasteiger partial charge in [-0.05, 0) is 29.8 Å². The number of rotatable bonds is 7. The number of para-hydroxylation sites is 2. The predicted octanol–water partition coefficient (Wildman–Crippen LogP) is 4.90. The summed E-state index contributed by atoms with van der Waals surface area (Å²) in [4.78, 5) is 30.6. The molecule has 0 saturated heterocycles. The smallest absolute Gasteiger partial charge is 0.253 e. The van der Waals surface area contributed by atoms with E-state index in [1.807, 2.05) is 60.7 Å². The summed E-state index contributed by atoms with van der Waals surface area (Å²) in [6, 6.07) is 26.5. The highest BCUT2D eigenvalue weighted by molar-refractivity contribution is 8.00. The second-order valence-corrected chi connectivity index (χ2v) is 7.89. The maximum absolute atomic E-state index is 12.7. The quantitative estimate of drug-likeness (QED) is 0.412. The lowest BCUT2D eigenvalue weighted by Crippen LogP contribution is -2.25. The molecule has 5 nitrogen and oxygen atoms in total. The minimum Gasteiger partial charge on any atom is -0.348 e. The van der Waals surface area contributed by atoms with Crippen LogP contribution in [0.4, 0.5) is 5.69 Å². The summed E-state index contributed by atoms with van der Waals surface area (Å²) in [5.41, 5.74) is 2.84. The molecule has 2 amide bonds. The molecular weight excluding hydrogens is 406 g/mol. The molecule has 31 heavy (non-hydrogen) atoms. The molecule has 3 aromatic carbocycles. The number of carbonyl (C=O) groups is 2. The van der Waals surface area contributed by atoms with E-state index in [0.717, 1.165) is 21.4 Å². The van der Waals surface area contributed by atoms with Crippen molar-refractivity contribution in [1.82, 2.24) is 10.3 Å². The first kappa shape index (κ1) is 20.6. The average Bonchev–Trinajstić information content (AvgIpc) is 2.82. The van der Waals surface area contributed by atoms with Crippen LogP contribution in [0.2, 0.25) is 0 Å². The Hall–Kier alpha value is -3.64. The van der Waals surface area contributed by atoms with Crippen molar-refractivity contribution in [1.29, 1.82) is 0 Å². The molecule has 0 unspecified atom stereocenters. The fraction of sp³-hybridized carbons (Fsp3) is 0.0800. The fourth-order valence-electron chi connectivity index (χ4n) is 3.19. The Labute approximate surface area is 184 Å². The zero-order valence-electron chi connectivity index (χ0n) is 16.7. The predicted molar refractivity (Wildman–Crippen MR) is 125 cm³/mol. The summed E-state index contributed by atoms with van der Waals surface area (Å²) >= 11 is 1.45. The van der Waals surface area contributed by atoms with Crippen LogP contribution in [0.15, 0.2) is 96.0 Å². The van der Waals surface area contributed by atoms with Gasteiger partial charge in [-0.1, -0.05) is 60.7 Å². The van der Waals surface area contributed by atoms with Crippen molar-refractivity contribution in [2.45, 2.75) is 11.4 Å². The number of carbonyl (C=O) groups excluding carboxylic acids is 2. The maximum Gasteiger partial charge on any atom is 0.253 e. The molecule has 1 heterocycles. The first-order valence-corrected chi connectivity index (χ1v) is 10.9. The largest absolute Gasteiger partial charge is 0.348 e. The highest BCUT2D eigenvalue weighted by Gasteiger charge is 2.13. The topological polar surface area (TPSA) is 71.1 Å². The minimum absolute atomic E-state index is 0.172. The second kappa shape index (κ2) is 9.91. The van der Waals surface area contributed by atoms with Crippen LogP contribution in [0.1, 0.15) is 15.9 Å². The standard InChI is InChI=1S/C25H21N3O2S/c29-24(17-31-23-14-15-26-21-12-6-4-10-19(21)23)28-22-13-7-5-11-20(22)25(30)27-16-18-8-2-1-3-9-18/h1-15H,16-17H2,(H,27,30)(H,28,29). The third-order valence-electron chi connectivity index (χ3n) is 4.71. The number of thioether (sulfide) groups is 1. The molecule has 0 aliphatic carbocycles. The summed E-state index contributed by atoms with van der Waals surface area (Å²) < 4.78 is 0. The second-order valence-electron chi connectivity index (χ2n) is 6.88. The van der Waals surface area contributed by atoms with E-state index in [2.05, 4.69) is 15.6 Å². The Morgan fingerprint density at radius 2 is 1.58 bits per heavy atom. The highest BCUT2D eigenvalue weighted by Crippen LogP contribution is 2.26. The molecule has 6 heteroatoms. The monoisotopic (exact) mass is 427 g/mol. The number of aromatic nitrogens is 1. The van der Waals surface area contributed by atoms with Crippen molar-refractivity contribution in [3.63, 3.8) is 0 Å². The molecule has 0 bridgehead atoms. The molecule has 4 aromatic rings. The van der Waals surface area contributed by atoms with Crippen LogP contribution in [-0.4, -0.2) is 22.6 Å². The molecule has 2 N–H and O–H groups in total. The SMILES string of the molecule is O=C(CSc1ccnc2ccccc12)Nc1ccccc1C(=O)NCc1ccccc1. The van der Waals surface area contributed by atoms with Gasteiger partial charge in [0, 0.05) is 23.0 Å². The van der Waals surface area contributed by atoms with Gasteiger partial charge >= 0.3 is 0 Å². The van der Waals surface area contributed by atoms with E-state index in [-0.39, 0.29) is 17.6 Å². The zero-order valence-corrected chi connectivity index (χ0v) is 17.6. The Kier molecular flexibility index (Phi) is 6.59. The number of anilines is 1. The van der Waals surface area contributed by atoms with Crippen molar-refractivity contribution in [3.05, 3.63) is 102 Å². The van der Waals surface area contributed by atoms with Gasteiger partial charge in [0.25, 0.3) is 5.91 Å². The number of hydrogen-bond acceptors (Lipinski definition) is 4. The molecule has 0 spiro atoms. The van der Waals surface area contributed by atoms with Gasteiger partial charge in [0.2, 0.25) is 5.91 Å². The van der Waals surface area contributed by atoms with Crippen molar-refractivity contribution < 1.29 is 9.59 Å². The molecule has 0 aliphatic rings. The van der Waals surface area contributed by atoms with Crippen LogP contribution >= 0.6 is 11.8 Å². The van der Waals surface area contributed by atoms with Gasteiger partial charge in [-0.3, -0.25) is 14.6 Å². The number of nitrogens with zero attached hydrogens (tertiary/aromatic N) is 1. The third kappa shape index (κ3) is 5.29. The van der Waals surface area contributed by atoms with Crippen molar-refractivity contribution in [2.24, 2.45) is 0 Å². The molecule has 154 valence electrons. The van der Waals surface area contributed by atoms with Gasteiger partial charge in [-0.25, -0.2) is 0 Å². The zero-order chi connectivity index (χ0) is 21.5. The first-order valence-electron chi connectivity index (χ1n) is 9.88. The number of hydrogen-bond donors (Lipinski definition) is 2. The highest BCUT2D eigenvalue weighted by atomic mass is 32.2. The summed E-state index contributed by atoms with van der Waals surface area (Å²) in [5, 5.41) is 6.79. The van der Waals surface area contributed by atoms with Crippen molar-refractivity contribution in [2.75, 3.05) is 11.1 Å². The number of fused-ring (bicyclic) bond motifs is 1. The Balaban J connectivity index is 1.40. The lowest BCUT2D eigenvalue weighted by molar-refractivity contribution is -0.113. The van der Waals surface area contributed by atoms with Gasteiger partial charge in [0.05, 0.1) is 22.5 Å². The molecule has 1 aromatic heterocycles.